The van der Waals surface area contributed by atoms with Crippen LogP contribution in [-0.4, -0.2) is 47.6 Å². The van der Waals surface area contributed by atoms with Gasteiger partial charge in [-0.2, -0.15) is 5.10 Å². The van der Waals surface area contributed by atoms with Crippen LogP contribution in [0.3, 0.4) is 0 Å². The number of morpholine rings is 1. The van der Waals surface area contributed by atoms with E-state index in [0.717, 1.165) is 44.1 Å². The Morgan fingerprint density at radius 2 is 1.85 bits per heavy atom. The molecule has 1 saturated heterocycles. The van der Waals surface area contributed by atoms with Crippen molar-refractivity contribution in [3.63, 3.8) is 0 Å². The van der Waals surface area contributed by atoms with Gasteiger partial charge in [-0.1, -0.05) is 24.3 Å². The number of hydrogen-bond donors (Lipinski definition) is 0. The second kappa shape index (κ2) is 8.37. The standard InChI is InChI=1S/C22H25N3O2/c1-26-21-9-5-18(6-10-21)15-22-17-24(13-14-27-22)16-19-3-7-20(8-4-19)25-12-2-11-23-25/h2-12,22H,13-17H2,1H3/t22-/m0/s1. The Hall–Kier alpha value is -2.63. The molecule has 1 fully saturated rings. The molecule has 5 heteroatoms. The third-order valence-corrected chi connectivity index (χ3v) is 4.96. The van der Waals surface area contributed by atoms with Crippen molar-refractivity contribution < 1.29 is 9.47 Å². The van der Waals surface area contributed by atoms with E-state index in [1.807, 2.05) is 29.1 Å². The van der Waals surface area contributed by atoms with Crippen molar-refractivity contribution >= 4 is 0 Å². The number of ether oxygens (including phenoxy) is 2. The maximum Gasteiger partial charge on any atom is 0.118 e. The summed E-state index contributed by atoms with van der Waals surface area (Å²) in [6.45, 7) is 3.65. The highest BCUT2D eigenvalue weighted by Gasteiger charge is 2.21. The van der Waals surface area contributed by atoms with Crippen molar-refractivity contribution in [1.29, 1.82) is 0 Å². The molecular formula is C22H25N3O2. The van der Waals surface area contributed by atoms with Crippen molar-refractivity contribution in [3.8, 4) is 11.4 Å². The van der Waals surface area contributed by atoms with Crippen LogP contribution in [0.5, 0.6) is 5.75 Å². The van der Waals surface area contributed by atoms with E-state index in [1.54, 1.807) is 13.3 Å². The van der Waals surface area contributed by atoms with Crippen LogP contribution in [0.4, 0.5) is 0 Å². The van der Waals surface area contributed by atoms with Crippen LogP contribution in [0.25, 0.3) is 5.69 Å². The summed E-state index contributed by atoms with van der Waals surface area (Å²) in [4.78, 5) is 2.47. The summed E-state index contributed by atoms with van der Waals surface area (Å²) >= 11 is 0. The zero-order valence-corrected chi connectivity index (χ0v) is 15.6. The van der Waals surface area contributed by atoms with Gasteiger partial charge in [-0.3, -0.25) is 4.90 Å². The van der Waals surface area contributed by atoms with Gasteiger partial charge in [0.25, 0.3) is 0 Å². The Labute approximate surface area is 160 Å². The molecular weight excluding hydrogens is 338 g/mol. The van der Waals surface area contributed by atoms with Crippen LogP contribution in [0.15, 0.2) is 67.0 Å². The summed E-state index contributed by atoms with van der Waals surface area (Å²) in [5.41, 5.74) is 3.69. The van der Waals surface area contributed by atoms with E-state index in [0.29, 0.717) is 0 Å². The molecule has 0 aliphatic carbocycles. The second-order valence-electron chi connectivity index (χ2n) is 6.90. The average Bonchev–Trinajstić information content (AvgIpc) is 3.24. The molecule has 4 rings (SSSR count). The predicted molar refractivity (Wildman–Crippen MR) is 105 cm³/mol. The molecule has 0 bridgehead atoms. The quantitative estimate of drug-likeness (QED) is 0.674. The van der Waals surface area contributed by atoms with E-state index in [1.165, 1.54) is 11.1 Å². The first-order valence-corrected chi connectivity index (χ1v) is 9.36. The Bertz CT molecular complexity index is 829. The summed E-state index contributed by atoms with van der Waals surface area (Å²) in [7, 11) is 1.69. The molecule has 0 unspecified atom stereocenters. The van der Waals surface area contributed by atoms with Crippen molar-refractivity contribution in [2.75, 3.05) is 26.8 Å². The zero-order valence-electron chi connectivity index (χ0n) is 15.6. The highest BCUT2D eigenvalue weighted by molar-refractivity contribution is 5.33. The van der Waals surface area contributed by atoms with Crippen molar-refractivity contribution in [1.82, 2.24) is 14.7 Å². The van der Waals surface area contributed by atoms with Gasteiger partial charge in [0.1, 0.15) is 5.75 Å². The molecule has 2 aromatic carbocycles. The predicted octanol–water partition coefficient (Wildman–Crippen LogP) is 3.32. The summed E-state index contributed by atoms with van der Waals surface area (Å²) in [5, 5.41) is 4.27. The molecule has 140 valence electrons. The molecule has 1 aliphatic rings. The fourth-order valence-corrected chi connectivity index (χ4v) is 3.51. The second-order valence-corrected chi connectivity index (χ2v) is 6.90. The lowest BCUT2D eigenvalue weighted by molar-refractivity contribution is -0.0305. The molecule has 0 radical (unpaired) electrons. The van der Waals surface area contributed by atoms with Gasteiger partial charge in [0, 0.05) is 32.0 Å². The minimum atomic E-state index is 0.232. The molecule has 0 N–H and O–H groups in total. The Kier molecular flexibility index (Phi) is 5.51. The first kappa shape index (κ1) is 17.8. The van der Waals surface area contributed by atoms with Crippen LogP contribution in [0.1, 0.15) is 11.1 Å². The van der Waals surface area contributed by atoms with Gasteiger partial charge in [-0.25, -0.2) is 4.68 Å². The van der Waals surface area contributed by atoms with Crippen molar-refractivity contribution in [2.45, 2.75) is 19.1 Å². The van der Waals surface area contributed by atoms with Crippen LogP contribution >= 0.6 is 0 Å². The minimum absolute atomic E-state index is 0.232. The highest BCUT2D eigenvalue weighted by atomic mass is 16.5. The highest BCUT2D eigenvalue weighted by Crippen LogP contribution is 2.17. The molecule has 1 atom stereocenters. The van der Waals surface area contributed by atoms with Gasteiger partial charge in [0.05, 0.1) is 25.5 Å². The molecule has 3 aromatic rings. The fourth-order valence-electron chi connectivity index (χ4n) is 3.51. The third-order valence-electron chi connectivity index (χ3n) is 4.96. The summed E-state index contributed by atoms with van der Waals surface area (Å²) in [6.07, 6.45) is 4.92. The van der Waals surface area contributed by atoms with Gasteiger partial charge < -0.3 is 9.47 Å². The first-order valence-electron chi connectivity index (χ1n) is 9.36. The van der Waals surface area contributed by atoms with E-state index in [2.05, 4.69) is 46.4 Å². The van der Waals surface area contributed by atoms with Crippen LogP contribution in [0, 0.1) is 0 Å². The van der Waals surface area contributed by atoms with Gasteiger partial charge in [-0.05, 0) is 47.9 Å². The van der Waals surface area contributed by atoms with Gasteiger partial charge >= 0.3 is 0 Å². The van der Waals surface area contributed by atoms with Gasteiger partial charge in [0.2, 0.25) is 0 Å². The lowest BCUT2D eigenvalue weighted by Gasteiger charge is -2.33. The summed E-state index contributed by atoms with van der Waals surface area (Å²) < 4.78 is 13.1. The monoisotopic (exact) mass is 363 g/mol. The lowest BCUT2D eigenvalue weighted by Crippen LogP contribution is -2.42. The third kappa shape index (κ3) is 4.56. The smallest absolute Gasteiger partial charge is 0.118 e. The molecule has 1 aliphatic heterocycles. The van der Waals surface area contributed by atoms with Crippen LogP contribution in [0.2, 0.25) is 0 Å². The Balaban J connectivity index is 1.34. The van der Waals surface area contributed by atoms with E-state index in [-0.39, 0.29) is 6.10 Å². The van der Waals surface area contributed by atoms with Gasteiger partial charge in [0.15, 0.2) is 0 Å². The number of benzene rings is 2. The topological polar surface area (TPSA) is 39.5 Å². The number of nitrogens with zero attached hydrogens (tertiary/aromatic N) is 3. The minimum Gasteiger partial charge on any atom is -0.497 e. The summed E-state index contributed by atoms with van der Waals surface area (Å²) in [6, 6.07) is 18.8. The molecule has 27 heavy (non-hydrogen) atoms. The molecule has 2 heterocycles. The van der Waals surface area contributed by atoms with Gasteiger partial charge in [-0.15, -0.1) is 0 Å². The normalized spacial score (nSPS) is 17.7. The molecule has 0 saturated carbocycles. The SMILES string of the molecule is COc1ccc(C[C@H]2CN(Cc3ccc(-n4cccn4)cc3)CCO2)cc1. The van der Waals surface area contributed by atoms with Crippen LogP contribution < -0.4 is 4.74 Å². The van der Waals surface area contributed by atoms with Crippen LogP contribution in [-0.2, 0) is 17.7 Å². The number of rotatable bonds is 6. The van der Waals surface area contributed by atoms with E-state index >= 15 is 0 Å². The van der Waals surface area contributed by atoms with Crippen molar-refractivity contribution in [2.24, 2.45) is 0 Å². The van der Waals surface area contributed by atoms with E-state index in [9.17, 15) is 0 Å². The number of methoxy groups -OCH3 is 1. The average molecular weight is 363 g/mol. The molecule has 0 amide bonds. The maximum atomic E-state index is 5.99. The Morgan fingerprint density at radius 3 is 2.56 bits per heavy atom. The first-order chi connectivity index (χ1) is 13.3. The molecule has 5 nitrogen and oxygen atoms in total. The largest absolute Gasteiger partial charge is 0.497 e. The maximum absolute atomic E-state index is 5.99. The lowest BCUT2D eigenvalue weighted by atomic mass is 10.1. The molecule has 0 spiro atoms. The van der Waals surface area contributed by atoms with E-state index in [4.69, 9.17) is 9.47 Å². The van der Waals surface area contributed by atoms with Crippen molar-refractivity contribution in [3.05, 3.63) is 78.1 Å². The number of hydrogen-bond acceptors (Lipinski definition) is 4. The fraction of sp³-hybridized carbons (Fsp3) is 0.318. The zero-order chi connectivity index (χ0) is 18.5. The Morgan fingerprint density at radius 1 is 1.07 bits per heavy atom. The summed E-state index contributed by atoms with van der Waals surface area (Å²) in [5.74, 6) is 0.892. The van der Waals surface area contributed by atoms with E-state index < -0.39 is 0 Å². The number of aromatic nitrogens is 2. The molecule has 1 aromatic heterocycles.